The molecule has 0 bridgehead atoms. The molecule has 0 aliphatic heterocycles. The molecule has 3 nitrogen and oxygen atoms in total. The topological polar surface area (TPSA) is 29.9 Å². The molecular formula is C15H18F3N3. The largest absolute Gasteiger partial charge is 0.389 e. The minimum absolute atomic E-state index is 0.175. The zero-order valence-electron chi connectivity index (χ0n) is 11.6. The Morgan fingerprint density at radius 2 is 1.86 bits per heavy atom. The number of hydrogen-bond donors (Lipinski definition) is 1. The number of aromatic nitrogens is 2. The van der Waals surface area contributed by atoms with E-state index in [1.165, 1.54) is 0 Å². The monoisotopic (exact) mass is 297 g/mol. The van der Waals surface area contributed by atoms with Gasteiger partial charge < -0.3 is 5.32 Å². The number of rotatable bonds is 7. The zero-order chi connectivity index (χ0) is 15.1. The summed E-state index contributed by atoms with van der Waals surface area (Å²) in [6, 6.07) is 9.76. The maximum Gasteiger partial charge on any atom is 0.389 e. The van der Waals surface area contributed by atoms with E-state index < -0.39 is 12.6 Å². The molecule has 0 aliphatic rings. The summed E-state index contributed by atoms with van der Waals surface area (Å²) in [6.45, 7) is 1.25. The van der Waals surface area contributed by atoms with E-state index >= 15 is 0 Å². The lowest BCUT2D eigenvalue weighted by molar-refractivity contribution is -0.135. The van der Waals surface area contributed by atoms with Crippen molar-refractivity contribution >= 4 is 0 Å². The van der Waals surface area contributed by atoms with Crippen LogP contribution in [-0.2, 0) is 6.54 Å². The van der Waals surface area contributed by atoms with E-state index in [0.29, 0.717) is 19.5 Å². The summed E-state index contributed by atoms with van der Waals surface area (Å²) in [5, 5.41) is 7.29. The van der Waals surface area contributed by atoms with Crippen molar-refractivity contribution in [3.63, 3.8) is 0 Å². The van der Waals surface area contributed by atoms with Crippen LogP contribution in [0.1, 0.15) is 24.8 Å². The number of unbranched alkanes of at least 4 members (excludes halogenated alkanes) is 1. The van der Waals surface area contributed by atoms with Crippen LogP contribution in [0.15, 0.2) is 42.7 Å². The normalized spacial score (nSPS) is 11.8. The van der Waals surface area contributed by atoms with Gasteiger partial charge in [-0.3, -0.25) is 0 Å². The first kappa shape index (κ1) is 15.6. The van der Waals surface area contributed by atoms with Crippen LogP contribution in [0.3, 0.4) is 0 Å². The fourth-order valence-corrected chi connectivity index (χ4v) is 2.00. The lowest BCUT2D eigenvalue weighted by Crippen LogP contribution is -2.16. The molecule has 1 aromatic heterocycles. The van der Waals surface area contributed by atoms with Crippen molar-refractivity contribution in [3.05, 3.63) is 48.3 Å². The Morgan fingerprint density at radius 1 is 1.10 bits per heavy atom. The van der Waals surface area contributed by atoms with Crippen molar-refractivity contribution in [2.45, 2.75) is 32.0 Å². The molecule has 2 aromatic rings. The van der Waals surface area contributed by atoms with Crippen molar-refractivity contribution in [2.75, 3.05) is 6.54 Å². The molecule has 6 heteroatoms. The zero-order valence-corrected chi connectivity index (χ0v) is 11.6. The van der Waals surface area contributed by atoms with E-state index in [-0.39, 0.29) is 6.42 Å². The second-order valence-electron chi connectivity index (χ2n) is 4.87. The van der Waals surface area contributed by atoms with Crippen LogP contribution in [0, 0.1) is 0 Å². The molecule has 1 N–H and O–H groups in total. The number of benzene rings is 1. The molecule has 21 heavy (non-hydrogen) atoms. The van der Waals surface area contributed by atoms with Gasteiger partial charge in [0.15, 0.2) is 0 Å². The molecule has 0 saturated carbocycles. The van der Waals surface area contributed by atoms with Crippen molar-refractivity contribution in [1.82, 2.24) is 15.1 Å². The predicted molar refractivity (Wildman–Crippen MR) is 75.2 cm³/mol. The number of nitrogens with one attached hydrogen (secondary N) is 1. The molecule has 2 rings (SSSR count). The summed E-state index contributed by atoms with van der Waals surface area (Å²) in [4.78, 5) is 0. The second kappa shape index (κ2) is 7.26. The summed E-state index contributed by atoms with van der Waals surface area (Å²) in [6.07, 6.45) is -0.445. The Labute approximate surface area is 121 Å². The summed E-state index contributed by atoms with van der Waals surface area (Å²) in [7, 11) is 0. The average molecular weight is 297 g/mol. The molecule has 0 aliphatic carbocycles. The minimum Gasteiger partial charge on any atom is -0.313 e. The molecule has 0 unspecified atom stereocenters. The molecule has 1 aromatic carbocycles. The van der Waals surface area contributed by atoms with Gasteiger partial charge in [0, 0.05) is 25.4 Å². The smallest absolute Gasteiger partial charge is 0.313 e. The number of alkyl halides is 3. The van der Waals surface area contributed by atoms with E-state index in [0.717, 1.165) is 11.3 Å². The van der Waals surface area contributed by atoms with E-state index in [4.69, 9.17) is 0 Å². The molecule has 0 radical (unpaired) electrons. The van der Waals surface area contributed by atoms with E-state index in [1.807, 2.05) is 36.5 Å². The number of halogens is 3. The molecule has 0 amide bonds. The number of nitrogens with zero attached hydrogens (tertiary/aromatic N) is 2. The Hall–Kier alpha value is -1.82. The van der Waals surface area contributed by atoms with Crippen LogP contribution in [0.2, 0.25) is 0 Å². The summed E-state index contributed by atoms with van der Waals surface area (Å²) in [5.41, 5.74) is 2.08. The Kier molecular flexibility index (Phi) is 5.38. The van der Waals surface area contributed by atoms with Crippen LogP contribution in [0.5, 0.6) is 0 Å². The van der Waals surface area contributed by atoms with Gasteiger partial charge in [-0.15, -0.1) is 0 Å². The van der Waals surface area contributed by atoms with Crippen molar-refractivity contribution in [1.29, 1.82) is 0 Å². The van der Waals surface area contributed by atoms with Crippen LogP contribution >= 0.6 is 0 Å². The minimum atomic E-state index is -4.04. The van der Waals surface area contributed by atoms with Crippen LogP contribution in [0.4, 0.5) is 13.2 Å². The molecule has 0 atom stereocenters. The Balaban J connectivity index is 1.67. The fourth-order valence-electron chi connectivity index (χ4n) is 2.00. The molecule has 0 spiro atoms. The van der Waals surface area contributed by atoms with Crippen molar-refractivity contribution in [3.8, 4) is 5.69 Å². The van der Waals surface area contributed by atoms with Gasteiger partial charge >= 0.3 is 6.18 Å². The Morgan fingerprint density at radius 3 is 2.48 bits per heavy atom. The van der Waals surface area contributed by atoms with Gasteiger partial charge in [-0.05, 0) is 43.1 Å². The second-order valence-corrected chi connectivity index (χ2v) is 4.87. The van der Waals surface area contributed by atoms with Gasteiger partial charge in [0.2, 0.25) is 0 Å². The van der Waals surface area contributed by atoms with Gasteiger partial charge in [-0.25, -0.2) is 4.68 Å². The van der Waals surface area contributed by atoms with E-state index in [2.05, 4.69) is 10.4 Å². The van der Waals surface area contributed by atoms with Crippen molar-refractivity contribution < 1.29 is 13.2 Å². The van der Waals surface area contributed by atoms with Gasteiger partial charge in [0.1, 0.15) is 0 Å². The highest BCUT2D eigenvalue weighted by Gasteiger charge is 2.25. The van der Waals surface area contributed by atoms with Crippen LogP contribution in [-0.4, -0.2) is 22.5 Å². The van der Waals surface area contributed by atoms with Gasteiger partial charge in [-0.1, -0.05) is 12.1 Å². The first-order valence-corrected chi connectivity index (χ1v) is 6.91. The average Bonchev–Trinajstić information content (AvgIpc) is 2.96. The van der Waals surface area contributed by atoms with E-state index in [9.17, 15) is 13.2 Å². The first-order valence-electron chi connectivity index (χ1n) is 6.91. The summed E-state index contributed by atoms with van der Waals surface area (Å²) < 4.78 is 37.6. The Bertz CT molecular complexity index is 518. The summed E-state index contributed by atoms with van der Waals surface area (Å²) >= 11 is 0. The van der Waals surface area contributed by atoms with Crippen LogP contribution in [0.25, 0.3) is 5.69 Å². The van der Waals surface area contributed by atoms with Gasteiger partial charge in [-0.2, -0.15) is 18.3 Å². The maximum absolute atomic E-state index is 12.0. The maximum atomic E-state index is 12.0. The highest BCUT2D eigenvalue weighted by atomic mass is 19.4. The fraction of sp³-hybridized carbons (Fsp3) is 0.400. The summed E-state index contributed by atoms with van der Waals surface area (Å²) in [5.74, 6) is 0. The molecular weight excluding hydrogens is 279 g/mol. The molecule has 0 saturated heterocycles. The van der Waals surface area contributed by atoms with Crippen molar-refractivity contribution in [2.24, 2.45) is 0 Å². The highest BCUT2D eigenvalue weighted by molar-refractivity contribution is 5.33. The van der Waals surface area contributed by atoms with Crippen LogP contribution < -0.4 is 5.32 Å². The van der Waals surface area contributed by atoms with Gasteiger partial charge in [0.25, 0.3) is 0 Å². The third kappa shape index (κ3) is 5.59. The first-order chi connectivity index (χ1) is 10.0. The number of hydrogen-bond acceptors (Lipinski definition) is 2. The quantitative estimate of drug-likeness (QED) is 0.790. The third-order valence-corrected chi connectivity index (χ3v) is 3.10. The highest BCUT2D eigenvalue weighted by Crippen LogP contribution is 2.21. The molecule has 0 fully saturated rings. The predicted octanol–water partition coefficient (Wildman–Crippen LogP) is 3.69. The lowest BCUT2D eigenvalue weighted by Gasteiger charge is -2.08. The van der Waals surface area contributed by atoms with Gasteiger partial charge in [0.05, 0.1) is 5.69 Å². The third-order valence-electron chi connectivity index (χ3n) is 3.10. The lowest BCUT2D eigenvalue weighted by atomic mass is 10.2. The molecule has 1 heterocycles. The SMILES string of the molecule is FC(F)(F)CCCCNCc1ccc(-n2cccn2)cc1. The molecule has 114 valence electrons. The standard InChI is InChI=1S/C15H18F3N3/c16-15(17,18)8-1-2-9-19-12-13-4-6-14(7-5-13)21-11-3-10-20-21/h3-7,10-11,19H,1-2,8-9,12H2. The van der Waals surface area contributed by atoms with E-state index in [1.54, 1.807) is 10.9 Å².